The summed E-state index contributed by atoms with van der Waals surface area (Å²) >= 11 is 0. The van der Waals surface area contributed by atoms with E-state index < -0.39 is 0 Å². The molecule has 2 N–H and O–H groups in total. The summed E-state index contributed by atoms with van der Waals surface area (Å²) < 4.78 is 19.8. The fourth-order valence-electron chi connectivity index (χ4n) is 2.51. The average molecular weight is 266 g/mol. The van der Waals surface area contributed by atoms with Crippen molar-refractivity contribution in [3.05, 3.63) is 29.6 Å². The lowest BCUT2D eigenvalue weighted by atomic mass is 10.1. The lowest BCUT2D eigenvalue weighted by Crippen LogP contribution is -2.40. The van der Waals surface area contributed by atoms with Crippen LogP contribution in [0.1, 0.15) is 31.7 Å². The number of halogens is 1. The Hall–Kier alpha value is -1.13. The van der Waals surface area contributed by atoms with Crippen molar-refractivity contribution in [1.82, 2.24) is 0 Å². The quantitative estimate of drug-likeness (QED) is 0.890. The van der Waals surface area contributed by atoms with E-state index in [0.29, 0.717) is 12.2 Å². The first-order valence-corrected chi connectivity index (χ1v) is 7.09. The molecule has 1 heterocycles. The minimum absolute atomic E-state index is 0.181. The van der Waals surface area contributed by atoms with Crippen LogP contribution in [0.5, 0.6) is 0 Å². The molecule has 0 radical (unpaired) electrons. The highest BCUT2D eigenvalue weighted by Crippen LogP contribution is 2.25. The minimum atomic E-state index is -0.181. The highest BCUT2D eigenvalue weighted by atomic mass is 19.1. The number of nitrogens with zero attached hydrogens (tertiary/aromatic N) is 1. The van der Waals surface area contributed by atoms with Crippen LogP contribution in [0.25, 0.3) is 0 Å². The van der Waals surface area contributed by atoms with Gasteiger partial charge in [0.25, 0.3) is 0 Å². The molecular weight excluding hydrogens is 243 g/mol. The topological polar surface area (TPSA) is 38.5 Å². The summed E-state index contributed by atoms with van der Waals surface area (Å²) in [6.07, 6.45) is 3.36. The Morgan fingerprint density at radius 1 is 1.47 bits per heavy atom. The molecule has 0 spiro atoms. The lowest BCUT2D eigenvalue weighted by Gasteiger charge is -2.34. The molecular formula is C15H23FN2O. The average Bonchev–Trinajstić information content (AvgIpc) is 2.45. The zero-order valence-corrected chi connectivity index (χ0v) is 11.6. The molecule has 3 nitrogen and oxygen atoms in total. The molecule has 0 amide bonds. The standard InChI is InChI=1S/C15H23FN2O/c1-2-8-19-13-4-3-7-18(11-13)15-6-5-12(10-17)9-14(15)16/h5-6,9,13H,2-4,7-8,10-11,17H2,1H3. The Bertz CT molecular complexity index is 411. The van der Waals surface area contributed by atoms with E-state index in [0.717, 1.165) is 44.5 Å². The number of benzene rings is 1. The van der Waals surface area contributed by atoms with Crippen LogP contribution in [0.3, 0.4) is 0 Å². The Kier molecular flexibility index (Phi) is 5.16. The van der Waals surface area contributed by atoms with E-state index in [9.17, 15) is 4.39 Å². The Morgan fingerprint density at radius 3 is 3.00 bits per heavy atom. The third kappa shape index (κ3) is 3.67. The highest BCUT2D eigenvalue weighted by molar-refractivity contribution is 5.49. The van der Waals surface area contributed by atoms with Crippen LogP contribution >= 0.6 is 0 Å². The Balaban J connectivity index is 2.04. The van der Waals surface area contributed by atoms with Crippen molar-refractivity contribution in [1.29, 1.82) is 0 Å². The van der Waals surface area contributed by atoms with Gasteiger partial charge in [-0.1, -0.05) is 13.0 Å². The molecule has 106 valence electrons. The monoisotopic (exact) mass is 266 g/mol. The van der Waals surface area contributed by atoms with E-state index in [1.165, 1.54) is 6.07 Å². The van der Waals surface area contributed by atoms with Gasteiger partial charge in [-0.15, -0.1) is 0 Å². The van der Waals surface area contributed by atoms with Crippen LogP contribution in [0, 0.1) is 5.82 Å². The van der Waals surface area contributed by atoms with E-state index in [4.69, 9.17) is 10.5 Å². The molecule has 0 saturated carbocycles. The smallest absolute Gasteiger partial charge is 0.146 e. The third-order valence-electron chi connectivity index (χ3n) is 3.52. The van der Waals surface area contributed by atoms with Gasteiger partial charge >= 0.3 is 0 Å². The van der Waals surface area contributed by atoms with Gasteiger partial charge in [0.15, 0.2) is 0 Å². The summed E-state index contributed by atoms with van der Waals surface area (Å²) in [6, 6.07) is 5.26. The molecule has 4 heteroatoms. The fraction of sp³-hybridized carbons (Fsp3) is 0.600. The number of hydrogen-bond donors (Lipinski definition) is 1. The molecule has 1 aliphatic rings. The van der Waals surface area contributed by atoms with Crippen LogP contribution < -0.4 is 10.6 Å². The first kappa shape index (κ1) is 14.3. The van der Waals surface area contributed by atoms with Crippen molar-refractivity contribution in [2.75, 3.05) is 24.6 Å². The summed E-state index contributed by atoms with van der Waals surface area (Å²) in [7, 11) is 0. The van der Waals surface area contributed by atoms with Crippen molar-refractivity contribution in [3.63, 3.8) is 0 Å². The van der Waals surface area contributed by atoms with Crippen molar-refractivity contribution < 1.29 is 9.13 Å². The molecule has 19 heavy (non-hydrogen) atoms. The molecule has 2 rings (SSSR count). The summed E-state index contributed by atoms with van der Waals surface area (Å²) in [6.45, 7) is 4.93. The molecule has 1 atom stereocenters. The number of nitrogens with two attached hydrogens (primary N) is 1. The van der Waals surface area contributed by atoms with Gasteiger partial charge in [0, 0.05) is 26.2 Å². The molecule has 0 aliphatic carbocycles. The van der Waals surface area contributed by atoms with Gasteiger partial charge < -0.3 is 15.4 Å². The van der Waals surface area contributed by atoms with Crippen molar-refractivity contribution in [3.8, 4) is 0 Å². The van der Waals surface area contributed by atoms with Crippen molar-refractivity contribution in [2.24, 2.45) is 5.73 Å². The molecule has 1 aromatic rings. The maximum absolute atomic E-state index is 14.1. The molecule has 1 fully saturated rings. The van der Waals surface area contributed by atoms with Gasteiger partial charge in [0.05, 0.1) is 11.8 Å². The number of piperidine rings is 1. The number of anilines is 1. The largest absolute Gasteiger partial charge is 0.376 e. The zero-order chi connectivity index (χ0) is 13.7. The Labute approximate surface area is 114 Å². The molecule has 1 saturated heterocycles. The lowest BCUT2D eigenvalue weighted by molar-refractivity contribution is 0.0439. The summed E-state index contributed by atoms with van der Waals surface area (Å²) in [4.78, 5) is 2.08. The zero-order valence-electron chi connectivity index (χ0n) is 11.6. The molecule has 1 aromatic carbocycles. The van der Waals surface area contributed by atoms with E-state index in [1.807, 2.05) is 12.1 Å². The summed E-state index contributed by atoms with van der Waals surface area (Å²) in [5.74, 6) is -0.181. The SMILES string of the molecule is CCCOC1CCCN(c2ccc(CN)cc2F)C1. The third-order valence-corrected chi connectivity index (χ3v) is 3.52. The predicted molar refractivity (Wildman–Crippen MR) is 75.8 cm³/mol. The van der Waals surface area contributed by atoms with Gasteiger partial charge in [0.2, 0.25) is 0 Å². The van der Waals surface area contributed by atoms with E-state index in [2.05, 4.69) is 11.8 Å². The van der Waals surface area contributed by atoms with Crippen LogP contribution in [0.15, 0.2) is 18.2 Å². The molecule has 1 aliphatic heterocycles. The number of ether oxygens (including phenoxy) is 1. The second kappa shape index (κ2) is 6.87. The second-order valence-corrected chi connectivity index (χ2v) is 5.07. The van der Waals surface area contributed by atoms with Crippen LogP contribution in [0.4, 0.5) is 10.1 Å². The van der Waals surface area contributed by atoms with E-state index in [1.54, 1.807) is 0 Å². The van der Waals surface area contributed by atoms with E-state index in [-0.39, 0.29) is 11.9 Å². The van der Waals surface area contributed by atoms with Gasteiger partial charge in [-0.3, -0.25) is 0 Å². The van der Waals surface area contributed by atoms with Crippen LogP contribution in [-0.4, -0.2) is 25.8 Å². The maximum atomic E-state index is 14.1. The summed E-state index contributed by atoms with van der Waals surface area (Å²) in [5, 5.41) is 0. The molecule has 1 unspecified atom stereocenters. The van der Waals surface area contributed by atoms with Crippen molar-refractivity contribution in [2.45, 2.75) is 38.8 Å². The second-order valence-electron chi connectivity index (χ2n) is 5.07. The van der Waals surface area contributed by atoms with E-state index >= 15 is 0 Å². The van der Waals surface area contributed by atoms with Gasteiger partial charge in [-0.2, -0.15) is 0 Å². The summed E-state index contributed by atoms with van der Waals surface area (Å²) in [5.41, 5.74) is 7.02. The molecule has 0 bridgehead atoms. The van der Waals surface area contributed by atoms with Crippen LogP contribution in [-0.2, 0) is 11.3 Å². The molecule has 0 aromatic heterocycles. The van der Waals surface area contributed by atoms with Crippen molar-refractivity contribution >= 4 is 5.69 Å². The fourth-order valence-corrected chi connectivity index (χ4v) is 2.51. The number of hydrogen-bond acceptors (Lipinski definition) is 3. The predicted octanol–water partition coefficient (Wildman–Crippen LogP) is 2.68. The van der Waals surface area contributed by atoms with Crippen LogP contribution in [0.2, 0.25) is 0 Å². The highest BCUT2D eigenvalue weighted by Gasteiger charge is 2.22. The van der Waals surface area contributed by atoms with Gasteiger partial charge in [0.1, 0.15) is 5.82 Å². The first-order valence-electron chi connectivity index (χ1n) is 7.09. The van der Waals surface area contributed by atoms with Gasteiger partial charge in [-0.25, -0.2) is 4.39 Å². The Morgan fingerprint density at radius 2 is 2.32 bits per heavy atom. The van der Waals surface area contributed by atoms with Gasteiger partial charge in [-0.05, 0) is 37.0 Å². The number of rotatable bonds is 5. The minimum Gasteiger partial charge on any atom is -0.376 e. The normalized spacial score (nSPS) is 19.7. The first-order chi connectivity index (χ1) is 9.24. The maximum Gasteiger partial charge on any atom is 0.146 e.